The molecule has 3 rings (SSSR count). The molecule has 2 aliphatic rings. The van der Waals surface area contributed by atoms with Crippen molar-refractivity contribution in [1.29, 1.82) is 0 Å². The minimum Gasteiger partial charge on any atom is -0.355 e. The Morgan fingerprint density at radius 2 is 2.17 bits per heavy atom. The quantitative estimate of drug-likeness (QED) is 0.748. The molecule has 24 heavy (non-hydrogen) atoms. The molecule has 1 saturated heterocycles. The van der Waals surface area contributed by atoms with Crippen LogP contribution in [0.3, 0.4) is 0 Å². The standard InChI is InChI=1S/C16H27N5O.2ClH/c1-3-21(13-4-5-13)7-6-18-16(22)15-10-17-9-14(15)12-8-19-20(2)11-12;;/h8,11,13-15,17H,3-7,9-10H2,1-2H3,(H,18,22);2*1H/t14-,15+;;/m1../s1. The van der Waals surface area contributed by atoms with Gasteiger partial charge in [-0.05, 0) is 24.9 Å². The number of halogens is 2. The van der Waals surface area contributed by atoms with Crippen LogP contribution in [-0.2, 0) is 11.8 Å². The summed E-state index contributed by atoms with van der Waals surface area (Å²) in [5.41, 5.74) is 1.15. The molecule has 2 heterocycles. The number of hydrogen-bond acceptors (Lipinski definition) is 4. The number of nitrogens with zero attached hydrogens (tertiary/aromatic N) is 3. The summed E-state index contributed by atoms with van der Waals surface area (Å²) in [7, 11) is 1.91. The summed E-state index contributed by atoms with van der Waals surface area (Å²) in [4.78, 5) is 15.0. The SMILES string of the molecule is CCN(CCNC(=O)[C@H]1CNC[C@@H]1c1cnn(C)c1)C1CC1.Cl.Cl. The molecule has 1 aliphatic carbocycles. The van der Waals surface area contributed by atoms with Gasteiger partial charge in [0, 0.05) is 51.4 Å². The summed E-state index contributed by atoms with van der Waals surface area (Å²) in [6.07, 6.45) is 6.53. The average Bonchev–Trinajstić information content (AvgIpc) is 3.06. The largest absolute Gasteiger partial charge is 0.355 e. The van der Waals surface area contributed by atoms with Gasteiger partial charge in [-0.15, -0.1) is 24.8 Å². The predicted molar refractivity (Wildman–Crippen MR) is 100 cm³/mol. The Balaban J connectivity index is 0.00000144. The van der Waals surface area contributed by atoms with Gasteiger partial charge in [0.05, 0.1) is 12.1 Å². The highest BCUT2D eigenvalue weighted by Gasteiger charge is 2.34. The number of aromatic nitrogens is 2. The predicted octanol–water partition coefficient (Wildman–Crippen LogP) is 1.17. The molecule has 0 aromatic carbocycles. The fraction of sp³-hybridized carbons (Fsp3) is 0.750. The number of nitrogens with one attached hydrogen (secondary N) is 2. The third-order valence-electron chi connectivity index (χ3n) is 4.87. The first kappa shape index (κ1) is 21.2. The highest BCUT2D eigenvalue weighted by molar-refractivity contribution is 5.85. The molecule has 2 N–H and O–H groups in total. The van der Waals surface area contributed by atoms with Crippen LogP contribution in [-0.4, -0.2) is 59.4 Å². The molecule has 1 aliphatic heterocycles. The summed E-state index contributed by atoms with van der Waals surface area (Å²) in [5.74, 6) is 0.422. The van der Waals surface area contributed by atoms with Gasteiger partial charge < -0.3 is 10.6 Å². The van der Waals surface area contributed by atoms with Crippen LogP contribution < -0.4 is 10.6 Å². The van der Waals surface area contributed by atoms with E-state index in [0.717, 1.165) is 44.3 Å². The monoisotopic (exact) mass is 377 g/mol. The first-order chi connectivity index (χ1) is 10.7. The van der Waals surface area contributed by atoms with E-state index in [-0.39, 0.29) is 42.6 Å². The number of carbonyl (C=O) groups is 1. The van der Waals surface area contributed by atoms with Crippen molar-refractivity contribution < 1.29 is 4.79 Å². The Kier molecular flexibility index (Phi) is 8.50. The van der Waals surface area contributed by atoms with Gasteiger partial charge in [-0.1, -0.05) is 6.92 Å². The summed E-state index contributed by atoms with van der Waals surface area (Å²) in [6, 6.07) is 0.762. The number of rotatable bonds is 7. The molecule has 2 fully saturated rings. The number of hydrogen-bond donors (Lipinski definition) is 2. The lowest BCUT2D eigenvalue weighted by Crippen LogP contribution is -2.40. The van der Waals surface area contributed by atoms with Crippen LogP contribution in [0, 0.1) is 5.92 Å². The molecule has 0 radical (unpaired) electrons. The zero-order valence-electron chi connectivity index (χ0n) is 14.4. The molecule has 1 aromatic heterocycles. The number of amides is 1. The minimum atomic E-state index is 0. The van der Waals surface area contributed by atoms with Crippen molar-refractivity contribution in [2.75, 3.05) is 32.7 Å². The third-order valence-corrected chi connectivity index (χ3v) is 4.87. The Bertz CT molecular complexity index is 520. The van der Waals surface area contributed by atoms with Gasteiger partial charge in [0.15, 0.2) is 0 Å². The second-order valence-corrected chi connectivity index (χ2v) is 6.47. The van der Waals surface area contributed by atoms with Crippen LogP contribution in [0.25, 0.3) is 0 Å². The van der Waals surface area contributed by atoms with Crippen LogP contribution in [0.4, 0.5) is 0 Å². The van der Waals surface area contributed by atoms with E-state index in [1.807, 2.05) is 19.4 Å². The lowest BCUT2D eigenvalue weighted by molar-refractivity contribution is -0.124. The minimum absolute atomic E-state index is 0. The average molecular weight is 378 g/mol. The normalized spacial score (nSPS) is 22.8. The van der Waals surface area contributed by atoms with Gasteiger partial charge in [-0.3, -0.25) is 14.4 Å². The maximum atomic E-state index is 12.5. The van der Waals surface area contributed by atoms with Crippen molar-refractivity contribution >= 4 is 30.7 Å². The Morgan fingerprint density at radius 3 is 2.75 bits per heavy atom. The van der Waals surface area contributed by atoms with Gasteiger partial charge in [-0.25, -0.2) is 0 Å². The lowest BCUT2D eigenvalue weighted by Gasteiger charge is -2.21. The highest BCUT2D eigenvalue weighted by atomic mass is 35.5. The third kappa shape index (κ3) is 5.09. The van der Waals surface area contributed by atoms with E-state index < -0.39 is 0 Å². The molecule has 0 unspecified atom stereocenters. The zero-order valence-corrected chi connectivity index (χ0v) is 16.0. The summed E-state index contributed by atoms with van der Waals surface area (Å²) < 4.78 is 1.80. The highest BCUT2D eigenvalue weighted by Crippen LogP contribution is 2.28. The molecule has 1 saturated carbocycles. The van der Waals surface area contributed by atoms with E-state index in [1.165, 1.54) is 12.8 Å². The zero-order chi connectivity index (χ0) is 15.5. The Hall–Kier alpha value is -0.820. The molecule has 2 atom stereocenters. The van der Waals surface area contributed by atoms with Crippen LogP contribution in [0.5, 0.6) is 0 Å². The smallest absolute Gasteiger partial charge is 0.225 e. The van der Waals surface area contributed by atoms with Crippen molar-refractivity contribution in [1.82, 2.24) is 25.3 Å². The summed E-state index contributed by atoms with van der Waals surface area (Å²) in [5, 5.41) is 10.7. The van der Waals surface area contributed by atoms with Crippen molar-refractivity contribution in [3.05, 3.63) is 18.0 Å². The molecular formula is C16H29Cl2N5O. The first-order valence-corrected chi connectivity index (χ1v) is 8.40. The molecule has 6 nitrogen and oxygen atoms in total. The molecule has 1 aromatic rings. The summed E-state index contributed by atoms with van der Waals surface area (Å²) in [6.45, 7) is 6.59. The number of likely N-dealkylation sites (N-methyl/N-ethyl adjacent to an activating group) is 1. The van der Waals surface area contributed by atoms with Gasteiger partial charge in [0.25, 0.3) is 0 Å². The summed E-state index contributed by atoms with van der Waals surface area (Å²) >= 11 is 0. The maximum absolute atomic E-state index is 12.5. The van der Waals surface area contributed by atoms with Gasteiger partial charge in [0.1, 0.15) is 0 Å². The molecule has 0 spiro atoms. The molecule has 138 valence electrons. The van der Waals surface area contributed by atoms with Gasteiger partial charge in [-0.2, -0.15) is 5.10 Å². The Labute approximate surface area is 156 Å². The van der Waals surface area contributed by atoms with Crippen LogP contribution in [0.2, 0.25) is 0 Å². The number of aryl methyl sites for hydroxylation is 1. The fourth-order valence-electron chi connectivity index (χ4n) is 3.43. The van der Waals surface area contributed by atoms with E-state index >= 15 is 0 Å². The molecule has 0 bridgehead atoms. The Morgan fingerprint density at radius 1 is 1.42 bits per heavy atom. The molecule has 1 amide bonds. The van der Waals surface area contributed by atoms with E-state index in [2.05, 4.69) is 27.6 Å². The van der Waals surface area contributed by atoms with E-state index in [0.29, 0.717) is 0 Å². The lowest BCUT2D eigenvalue weighted by atomic mass is 9.90. The second kappa shape index (κ2) is 9.61. The van der Waals surface area contributed by atoms with Crippen LogP contribution in [0.15, 0.2) is 12.4 Å². The van der Waals surface area contributed by atoms with Crippen LogP contribution in [0.1, 0.15) is 31.2 Å². The van der Waals surface area contributed by atoms with Gasteiger partial charge in [0.2, 0.25) is 5.91 Å². The van der Waals surface area contributed by atoms with E-state index in [4.69, 9.17) is 0 Å². The van der Waals surface area contributed by atoms with Crippen molar-refractivity contribution in [2.45, 2.75) is 31.7 Å². The molecular weight excluding hydrogens is 349 g/mol. The topological polar surface area (TPSA) is 62.2 Å². The van der Waals surface area contributed by atoms with Crippen molar-refractivity contribution in [3.63, 3.8) is 0 Å². The van der Waals surface area contributed by atoms with Crippen molar-refractivity contribution in [2.24, 2.45) is 13.0 Å². The van der Waals surface area contributed by atoms with Crippen LogP contribution >= 0.6 is 24.8 Å². The van der Waals surface area contributed by atoms with E-state index in [1.54, 1.807) is 4.68 Å². The van der Waals surface area contributed by atoms with Crippen molar-refractivity contribution in [3.8, 4) is 0 Å². The maximum Gasteiger partial charge on any atom is 0.225 e. The number of carbonyl (C=O) groups excluding carboxylic acids is 1. The second-order valence-electron chi connectivity index (χ2n) is 6.47. The fourth-order valence-corrected chi connectivity index (χ4v) is 3.43. The first-order valence-electron chi connectivity index (χ1n) is 8.40. The van der Waals surface area contributed by atoms with E-state index in [9.17, 15) is 4.79 Å². The molecule has 8 heteroatoms. The van der Waals surface area contributed by atoms with Gasteiger partial charge >= 0.3 is 0 Å².